The molecule has 0 amide bonds. The van der Waals surface area contributed by atoms with E-state index in [1.165, 1.54) is 44.2 Å². The van der Waals surface area contributed by atoms with Crippen molar-refractivity contribution in [1.82, 2.24) is 0 Å². The predicted octanol–water partition coefficient (Wildman–Crippen LogP) is 10.8. The molecule has 0 radical (unpaired) electrons. The Bertz CT molecular complexity index is 2130. The van der Waals surface area contributed by atoms with Crippen LogP contribution in [0.15, 0.2) is 164 Å². The van der Waals surface area contributed by atoms with Gasteiger partial charge in [0.05, 0.1) is 5.41 Å². The smallest absolute Gasteiger partial charge is 0.132 e. The first-order valence-electron chi connectivity index (χ1n) is 14.8. The van der Waals surface area contributed by atoms with Gasteiger partial charge in [-0.3, -0.25) is 0 Å². The minimum absolute atomic E-state index is 0.533. The van der Waals surface area contributed by atoms with Gasteiger partial charge in [-0.05, 0) is 87.6 Å². The Morgan fingerprint density at radius 2 is 0.953 bits per heavy atom. The summed E-state index contributed by atoms with van der Waals surface area (Å²) in [5.74, 6) is 1.81. The largest absolute Gasteiger partial charge is 0.457 e. The Kier molecular flexibility index (Phi) is 5.15. The van der Waals surface area contributed by atoms with Gasteiger partial charge in [0.1, 0.15) is 11.5 Å². The molecule has 7 aromatic carbocycles. The first kappa shape index (κ1) is 24.0. The quantitative estimate of drug-likeness (QED) is 0.217. The van der Waals surface area contributed by atoms with E-state index in [2.05, 4.69) is 169 Å². The van der Waals surface area contributed by atoms with Crippen molar-refractivity contribution in [1.29, 1.82) is 0 Å². The van der Waals surface area contributed by atoms with Gasteiger partial charge in [-0.1, -0.05) is 109 Å². The molecule has 9 rings (SSSR count). The van der Waals surface area contributed by atoms with Crippen molar-refractivity contribution in [3.63, 3.8) is 0 Å². The Hall–Kier alpha value is -5.60. The maximum atomic E-state index is 6.71. The third-order valence-electron chi connectivity index (χ3n) is 9.08. The van der Waals surface area contributed by atoms with Crippen molar-refractivity contribution in [3.8, 4) is 22.6 Å². The van der Waals surface area contributed by atoms with Gasteiger partial charge in [0.2, 0.25) is 0 Å². The SMILES string of the molecule is c1ccc(N(c2ccccc2)c2ccc3c(c2)C2(c4ccccc4Oc4cc5ccccc5cc42)c2ccccc2-3)cc1. The normalized spacial score (nSPS) is 15.7. The fourth-order valence-electron chi connectivity index (χ4n) is 7.31. The zero-order valence-electron chi connectivity index (χ0n) is 23.4. The molecular formula is C41H27NO. The van der Waals surface area contributed by atoms with Gasteiger partial charge in [0.15, 0.2) is 0 Å². The maximum absolute atomic E-state index is 6.71. The molecule has 202 valence electrons. The molecule has 0 saturated carbocycles. The average molecular weight is 550 g/mol. The highest BCUT2D eigenvalue weighted by Gasteiger charge is 2.51. The fourth-order valence-corrected chi connectivity index (χ4v) is 7.31. The zero-order chi connectivity index (χ0) is 28.4. The molecular weight excluding hydrogens is 522 g/mol. The van der Waals surface area contributed by atoms with Gasteiger partial charge in [-0.25, -0.2) is 0 Å². The Morgan fingerprint density at radius 3 is 1.70 bits per heavy atom. The summed E-state index contributed by atoms with van der Waals surface area (Å²) in [5.41, 5.74) is 10.3. The lowest BCUT2D eigenvalue weighted by molar-refractivity contribution is 0.437. The summed E-state index contributed by atoms with van der Waals surface area (Å²) in [6, 6.07) is 58.9. The topological polar surface area (TPSA) is 12.5 Å². The second-order valence-corrected chi connectivity index (χ2v) is 11.3. The van der Waals surface area contributed by atoms with E-state index >= 15 is 0 Å². The molecule has 43 heavy (non-hydrogen) atoms. The van der Waals surface area contributed by atoms with E-state index in [0.29, 0.717) is 0 Å². The van der Waals surface area contributed by atoms with Crippen LogP contribution in [0.5, 0.6) is 11.5 Å². The van der Waals surface area contributed by atoms with Gasteiger partial charge >= 0.3 is 0 Å². The van der Waals surface area contributed by atoms with Crippen LogP contribution in [0.2, 0.25) is 0 Å². The molecule has 2 nitrogen and oxygen atoms in total. The number of hydrogen-bond acceptors (Lipinski definition) is 2. The Balaban J connectivity index is 1.39. The molecule has 2 heteroatoms. The minimum atomic E-state index is -0.533. The number of hydrogen-bond donors (Lipinski definition) is 0. The third-order valence-corrected chi connectivity index (χ3v) is 9.08. The maximum Gasteiger partial charge on any atom is 0.132 e. The van der Waals surface area contributed by atoms with Gasteiger partial charge < -0.3 is 9.64 Å². The Morgan fingerprint density at radius 1 is 0.372 bits per heavy atom. The number of rotatable bonds is 3. The van der Waals surface area contributed by atoms with E-state index in [1.807, 2.05) is 0 Å². The summed E-state index contributed by atoms with van der Waals surface area (Å²) in [6.07, 6.45) is 0. The second kappa shape index (κ2) is 9.20. The number of anilines is 3. The summed E-state index contributed by atoms with van der Waals surface area (Å²) >= 11 is 0. The van der Waals surface area contributed by atoms with Crippen LogP contribution in [0.25, 0.3) is 21.9 Å². The summed E-state index contributed by atoms with van der Waals surface area (Å²) in [4.78, 5) is 2.35. The predicted molar refractivity (Wildman–Crippen MR) is 176 cm³/mol. The van der Waals surface area contributed by atoms with Crippen molar-refractivity contribution in [2.75, 3.05) is 4.90 Å². The number of ether oxygens (including phenoxy) is 1. The van der Waals surface area contributed by atoms with Gasteiger partial charge in [0, 0.05) is 28.2 Å². The minimum Gasteiger partial charge on any atom is -0.457 e. The average Bonchev–Trinajstić information content (AvgIpc) is 3.35. The number of para-hydroxylation sites is 3. The highest BCUT2D eigenvalue weighted by atomic mass is 16.5. The molecule has 0 bridgehead atoms. The molecule has 2 aliphatic rings. The van der Waals surface area contributed by atoms with Crippen molar-refractivity contribution in [3.05, 3.63) is 186 Å². The molecule has 1 atom stereocenters. The third kappa shape index (κ3) is 3.41. The van der Waals surface area contributed by atoms with Crippen LogP contribution in [0, 0.1) is 0 Å². The molecule has 0 N–H and O–H groups in total. The lowest BCUT2D eigenvalue weighted by atomic mass is 9.65. The van der Waals surface area contributed by atoms with E-state index in [-0.39, 0.29) is 0 Å². The van der Waals surface area contributed by atoms with E-state index in [4.69, 9.17) is 4.74 Å². The van der Waals surface area contributed by atoms with Crippen molar-refractivity contribution >= 4 is 27.8 Å². The second-order valence-electron chi connectivity index (χ2n) is 11.3. The molecule has 1 aliphatic heterocycles. The van der Waals surface area contributed by atoms with E-state index in [0.717, 1.165) is 28.6 Å². The molecule has 7 aromatic rings. The first-order valence-corrected chi connectivity index (χ1v) is 14.8. The highest BCUT2D eigenvalue weighted by molar-refractivity contribution is 5.94. The van der Waals surface area contributed by atoms with Crippen molar-refractivity contribution < 1.29 is 4.74 Å². The van der Waals surface area contributed by atoms with Crippen LogP contribution < -0.4 is 9.64 Å². The molecule has 1 heterocycles. The number of benzene rings is 7. The van der Waals surface area contributed by atoms with Gasteiger partial charge in [-0.2, -0.15) is 0 Å². The zero-order valence-corrected chi connectivity index (χ0v) is 23.4. The summed E-state index contributed by atoms with van der Waals surface area (Å²) in [5, 5.41) is 2.39. The van der Waals surface area contributed by atoms with Crippen molar-refractivity contribution in [2.45, 2.75) is 5.41 Å². The fraction of sp³-hybridized carbons (Fsp3) is 0.0244. The first-order chi connectivity index (χ1) is 21.3. The monoisotopic (exact) mass is 549 g/mol. The van der Waals surface area contributed by atoms with Crippen LogP contribution in [-0.4, -0.2) is 0 Å². The summed E-state index contributed by atoms with van der Waals surface area (Å²) in [6.45, 7) is 0. The molecule has 0 saturated heterocycles. The lowest BCUT2D eigenvalue weighted by Crippen LogP contribution is -2.32. The summed E-state index contributed by atoms with van der Waals surface area (Å²) in [7, 11) is 0. The molecule has 1 spiro atoms. The Labute approximate surface area is 251 Å². The van der Waals surface area contributed by atoms with E-state index in [1.54, 1.807) is 0 Å². The van der Waals surface area contributed by atoms with Crippen molar-refractivity contribution in [2.24, 2.45) is 0 Å². The van der Waals surface area contributed by atoms with Crippen LogP contribution in [0.4, 0.5) is 17.1 Å². The molecule has 0 aromatic heterocycles. The number of fused-ring (bicyclic) bond motifs is 10. The highest BCUT2D eigenvalue weighted by Crippen LogP contribution is 2.63. The molecule has 0 fully saturated rings. The molecule has 1 aliphatic carbocycles. The van der Waals surface area contributed by atoms with Gasteiger partial charge in [-0.15, -0.1) is 0 Å². The van der Waals surface area contributed by atoms with E-state index in [9.17, 15) is 0 Å². The van der Waals surface area contributed by atoms with Crippen LogP contribution in [0.1, 0.15) is 22.3 Å². The standard InChI is InChI=1S/C41H27NO/c1-3-15-30(16-4-1)42(31-17-5-2-6-18-31)32-23-24-34-33-19-9-10-20-35(33)41(37(34)27-32)36-21-11-12-22-39(36)43-40-26-29-14-8-7-13-28(29)25-38(40)41/h1-27H. The van der Waals surface area contributed by atoms with Crippen LogP contribution in [-0.2, 0) is 5.41 Å². The van der Waals surface area contributed by atoms with Crippen LogP contribution in [0.3, 0.4) is 0 Å². The van der Waals surface area contributed by atoms with Crippen LogP contribution >= 0.6 is 0 Å². The molecule has 1 unspecified atom stereocenters. The van der Waals surface area contributed by atoms with Gasteiger partial charge in [0.25, 0.3) is 0 Å². The lowest BCUT2D eigenvalue weighted by Gasteiger charge is -2.40. The number of nitrogens with zero attached hydrogens (tertiary/aromatic N) is 1. The van der Waals surface area contributed by atoms with E-state index < -0.39 is 5.41 Å². The summed E-state index contributed by atoms with van der Waals surface area (Å²) < 4.78 is 6.71.